The molecule has 2 aromatic carbocycles. The lowest BCUT2D eigenvalue weighted by atomic mass is 10.1. The molecule has 0 spiro atoms. The fraction of sp³-hybridized carbons (Fsp3) is 0.182. The second-order valence-corrected chi connectivity index (χ2v) is 6.70. The number of anilines is 1. The molecule has 0 aliphatic carbocycles. The summed E-state index contributed by atoms with van der Waals surface area (Å²) in [6, 6.07) is 13.2. The number of rotatable bonds is 7. The number of carbonyl (C=O) groups excluding carboxylic acids is 4. The van der Waals surface area contributed by atoms with Gasteiger partial charge in [-0.15, -0.1) is 0 Å². The summed E-state index contributed by atoms with van der Waals surface area (Å²) in [6.45, 7) is 1.15. The van der Waals surface area contributed by atoms with Gasteiger partial charge in [0.2, 0.25) is 5.91 Å². The summed E-state index contributed by atoms with van der Waals surface area (Å²) in [6.07, 6.45) is 1.42. The number of aryl methyl sites for hydroxylation is 1. The highest BCUT2D eigenvalue weighted by molar-refractivity contribution is 6.16. The number of para-hydroxylation sites is 1. The SMILES string of the molecule is COC(=O)COc1ccccc1C=C1NC(=O)N(CC(=O)Nc2cccc(C)c2)C1=O. The van der Waals surface area contributed by atoms with E-state index in [-0.39, 0.29) is 12.3 Å². The van der Waals surface area contributed by atoms with Gasteiger partial charge in [-0.2, -0.15) is 0 Å². The molecule has 31 heavy (non-hydrogen) atoms. The minimum atomic E-state index is -0.705. The van der Waals surface area contributed by atoms with Crippen molar-refractivity contribution in [2.45, 2.75) is 6.92 Å². The first kappa shape index (κ1) is 21.6. The van der Waals surface area contributed by atoms with Crippen LogP contribution in [0, 0.1) is 6.92 Å². The van der Waals surface area contributed by atoms with Crippen LogP contribution in [0.2, 0.25) is 0 Å². The lowest BCUT2D eigenvalue weighted by molar-refractivity contribution is -0.142. The van der Waals surface area contributed by atoms with Crippen LogP contribution in [0.1, 0.15) is 11.1 Å². The van der Waals surface area contributed by atoms with Crippen molar-refractivity contribution in [2.24, 2.45) is 0 Å². The molecule has 4 amide bonds. The van der Waals surface area contributed by atoms with Crippen molar-refractivity contribution in [2.75, 3.05) is 25.6 Å². The lowest BCUT2D eigenvalue weighted by Gasteiger charge is -2.12. The summed E-state index contributed by atoms with van der Waals surface area (Å²) in [7, 11) is 1.25. The zero-order valence-electron chi connectivity index (χ0n) is 17.0. The molecule has 9 nitrogen and oxygen atoms in total. The molecule has 1 saturated heterocycles. The first-order chi connectivity index (χ1) is 14.9. The molecule has 1 fully saturated rings. The minimum Gasteiger partial charge on any atom is -0.481 e. The summed E-state index contributed by atoms with van der Waals surface area (Å²) in [5, 5.41) is 5.12. The number of methoxy groups -OCH3 is 1. The van der Waals surface area contributed by atoms with Gasteiger partial charge in [0.05, 0.1) is 7.11 Å². The Bertz CT molecular complexity index is 1060. The molecular formula is C22H21N3O6. The molecule has 0 saturated carbocycles. The van der Waals surface area contributed by atoms with E-state index in [1.54, 1.807) is 42.5 Å². The quantitative estimate of drug-likeness (QED) is 0.400. The van der Waals surface area contributed by atoms with Gasteiger partial charge >= 0.3 is 12.0 Å². The van der Waals surface area contributed by atoms with Crippen LogP contribution in [0.5, 0.6) is 5.75 Å². The molecule has 0 bridgehead atoms. The van der Waals surface area contributed by atoms with E-state index in [9.17, 15) is 19.2 Å². The Morgan fingerprint density at radius 2 is 1.90 bits per heavy atom. The van der Waals surface area contributed by atoms with Crippen LogP contribution in [0.4, 0.5) is 10.5 Å². The number of carbonyl (C=O) groups is 4. The summed E-state index contributed by atoms with van der Waals surface area (Å²) in [4.78, 5) is 49.3. The van der Waals surface area contributed by atoms with Crippen LogP contribution in [-0.4, -0.2) is 49.0 Å². The highest BCUT2D eigenvalue weighted by Crippen LogP contribution is 2.23. The summed E-state index contributed by atoms with van der Waals surface area (Å²) >= 11 is 0. The molecule has 0 radical (unpaired) electrons. The Balaban J connectivity index is 1.71. The van der Waals surface area contributed by atoms with Crippen LogP contribution in [0.25, 0.3) is 6.08 Å². The highest BCUT2D eigenvalue weighted by atomic mass is 16.6. The van der Waals surface area contributed by atoms with Crippen molar-refractivity contribution >= 4 is 35.6 Å². The number of nitrogens with zero attached hydrogens (tertiary/aromatic N) is 1. The van der Waals surface area contributed by atoms with Crippen molar-refractivity contribution in [3.63, 3.8) is 0 Å². The molecule has 1 aliphatic heterocycles. The second kappa shape index (κ2) is 9.57. The van der Waals surface area contributed by atoms with E-state index in [1.807, 2.05) is 13.0 Å². The van der Waals surface area contributed by atoms with Crippen LogP contribution in [-0.2, 0) is 19.1 Å². The third kappa shape index (κ3) is 5.47. The van der Waals surface area contributed by atoms with Crippen LogP contribution in [0.3, 0.4) is 0 Å². The first-order valence-electron chi connectivity index (χ1n) is 9.37. The van der Waals surface area contributed by atoms with Gasteiger partial charge in [-0.25, -0.2) is 14.5 Å². The van der Waals surface area contributed by atoms with Crippen LogP contribution in [0.15, 0.2) is 54.2 Å². The number of nitrogens with one attached hydrogen (secondary N) is 2. The highest BCUT2D eigenvalue weighted by Gasteiger charge is 2.35. The number of esters is 1. The van der Waals surface area contributed by atoms with Gasteiger partial charge in [-0.1, -0.05) is 30.3 Å². The lowest BCUT2D eigenvalue weighted by Crippen LogP contribution is -2.38. The van der Waals surface area contributed by atoms with E-state index < -0.39 is 30.4 Å². The van der Waals surface area contributed by atoms with Gasteiger partial charge < -0.3 is 20.1 Å². The summed E-state index contributed by atoms with van der Waals surface area (Å²) in [5.41, 5.74) is 2.00. The van der Waals surface area contributed by atoms with Gasteiger partial charge in [-0.05, 0) is 36.8 Å². The molecule has 0 unspecified atom stereocenters. The number of hydrogen-bond acceptors (Lipinski definition) is 6. The fourth-order valence-electron chi connectivity index (χ4n) is 2.86. The largest absolute Gasteiger partial charge is 0.481 e. The van der Waals surface area contributed by atoms with Crippen molar-refractivity contribution in [1.82, 2.24) is 10.2 Å². The fourth-order valence-corrected chi connectivity index (χ4v) is 2.86. The van der Waals surface area contributed by atoms with E-state index in [0.29, 0.717) is 17.0 Å². The zero-order valence-corrected chi connectivity index (χ0v) is 17.0. The van der Waals surface area contributed by atoms with Gasteiger partial charge in [0.1, 0.15) is 18.0 Å². The zero-order chi connectivity index (χ0) is 22.4. The predicted octanol–water partition coefficient (Wildman–Crippen LogP) is 2.08. The maximum absolute atomic E-state index is 12.7. The molecule has 0 aromatic heterocycles. The molecule has 3 rings (SSSR count). The van der Waals surface area contributed by atoms with Gasteiger partial charge in [0.15, 0.2) is 6.61 Å². The van der Waals surface area contributed by atoms with Gasteiger partial charge in [-0.3, -0.25) is 9.59 Å². The normalized spacial score (nSPS) is 14.4. The number of imide groups is 1. The Morgan fingerprint density at radius 1 is 1.13 bits per heavy atom. The van der Waals surface area contributed by atoms with Crippen molar-refractivity contribution in [3.8, 4) is 5.75 Å². The molecule has 1 heterocycles. The molecule has 9 heteroatoms. The molecular weight excluding hydrogens is 402 g/mol. The molecule has 2 aromatic rings. The van der Waals surface area contributed by atoms with Crippen molar-refractivity contribution in [1.29, 1.82) is 0 Å². The second-order valence-electron chi connectivity index (χ2n) is 6.70. The first-order valence-corrected chi connectivity index (χ1v) is 9.37. The number of benzene rings is 2. The molecule has 1 aliphatic rings. The number of hydrogen-bond donors (Lipinski definition) is 2. The maximum Gasteiger partial charge on any atom is 0.343 e. The standard InChI is InChI=1S/C22H21N3O6/c1-14-6-5-8-16(10-14)23-19(26)12-25-21(28)17(24-22(25)29)11-15-7-3-4-9-18(15)31-13-20(27)30-2/h3-11H,12-13H2,1-2H3,(H,23,26)(H,24,29). The predicted molar refractivity (Wildman–Crippen MR) is 112 cm³/mol. The molecule has 0 atom stereocenters. The van der Waals surface area contributed by atoms with Crippen molar-refractivity contribution < 1.29 is 28.7 Å². The summed E-state index contributed by atoms with van der Waals surface area (Å²) in [5.74, 6) is -1.37. The maximum atomic E-state index is 12.7. The smallest absolute Gasteiger partial charge is 0.343 e. The van der Waals surface area contributed by atoms with Crippen LogP contribution >= 0.6 is 0 Å². The van der Waals surface area contributed by atoms with E-state index >= 15 is 0 Å². The number of amides is 4. The third-order valence-electron chi connectivity index (χ3n) is 4.36. The summed E-state index contributed by atoms with van der Waals surface area (Å²) < 4.78 is 9.95. The van der Waals surface area contributed by atoms with Crippen molar-refractivity contribution in [3.05, 3.63) is 65.4 Å². The third-order valence-corrected chi connectivity index (χ3v) is 4.36. The number of urea groups is 1. The molecule has 160 valence electrons. The topological polar surface area (TPSA) is 114 Å². The number of ether oxygens (including phenoxy) is 2. The minimum absolute atomic E-state index is 0.0116. The van der Waals surface area contributed by atoms with E-state index in [4.69, 9.17) is 4.74 Å². The van der Waals surface area contributed by atoms with Gasteiger partial charge in [0.25, 0.3) is 5.91 Å². The van der Waals surface area contributed by atoms with E-state index in [0.717, 1.165) is 10.5 Å². The van der Waals surface area contributed by atoms with Gasteiger partial charge in [0, 0.05) is 11.3 Å². The monoisotopic (exact) mass is 423 g/mol. The van der Waals surface area contributed by atoms with E-state index in [1.165, 1.54) is 13.2 Å². The Kier molecular flexibility index (Phi) is 6.66. The Hall–Kier alpha value is -4.14. The van der Waals surface area contributed by atoms with Crippen LogP contribution < -0.4 is 15.4 Å². The molecule has 2 N–H and O–H groups in total. The Morgan fingerprint density at radius 3 is 2.65 bits per heavy atom. The average molecular weight is 423 g/mol. The van der Waals surface area contributed by atoms with E-state index in [2.05, 4.69) is 15.4 Å². The average Bonchev–Trinajstić information content (AvgIpc) is 3.00. The Labute approximate surface area is 178 Å².